The van der Waals surface area contributed by atoms with E-state index in [0.29, 0.717) is 23.7 Å². The minimum atomic E-state index is -3.58. The highest BCUT2D eigenvalue weighted by molar-refractivity contribution is 7.89. The van der Waals surface area contributed by atoms with Crippen molar-refractivity contribution < 1.29 is 13.2 Å². The molecule has 1 N–H and O–H groups in total. The van der Waals surface area contributed by atoms with E-state index in [1.807, 2.05) is 0 Å². The Balaban J connectivity index is 1.94. The van der Waals surface area contributed by atoms with E-state index in [-0.39, 0.29) is 10.8 Å². The molecule has 1 amide bonds. The first kappa shape index (κ1) is 21.1. The SMILES string of the molecule is CCN1CCN(CCC(=O)Nc2cc(S(=O)(=O)N(C)C)ccc2Cl)CC1. The fourth-order valence-corrected chi connectivity index (χ4v) is 3.87. The van der Waals surface area contributed by atoms with E-state index in [0.717, 1.165) is 37.0 Å². The summed E-state index contributed by atoms with van der Waals surface area (Å²) in [7, 11) is -0.661. The molecular weight excluding hydrogens is 376 g/mol. The van der Waals surface area contributed by atoms with Gasteiger partial charge in [-0.25, -0.2) is 12.7 Å². The quantitative estimate of drug-likeness (QED) is 0.749. The van der Waals surface area contributed by atoms with Crippen LogP contribution in [0, 0.1) is 0 Å². The summed E-state index contributed by atoms with van der Waals surface area (Å²) in [5, 5.41) is 3.04. The summed E-state index contributed by atoms with van der Waals surface area (Å²) in [4.78, 5) is 17.0. The van der Waals surface area contributed by atoms with Crippen LogP contribution >= 0.6 is 11.6 Å². The Kier molecular flexibility index (Phi) is 7.42. The Bertz CT molecular complexity index is 732. The number of amides is 1. The lowest BCUT2D eigenvalue weighted by Gasteiger charge is -2.33. The Labute approximate surface area is 160 Å². The lowest BCUT2D eigenvalue weighted by Crippen LogP contribution is -2.46. The van der Waals surface area contributed by atoms with Gasteiger partial charge in [-0.2, -0.15) is 0 Å². The number of rotatable bonds is 7. The molecule has 0 spiro atoms. The number of carbonyl (C=O) groups excluding carboxylic acids is 1. The lowest BCUT2D eigenvalue weighted by atomic mass is 10.2. The van der Waals surface area contributed by atoms with Gasteiger partial charge in [0.25, 0.3) is 0 Å². The molecule has 1 fully saturated rings. The van der Waals surface area contributed by atoms with Gasteiger partial charge in [0.15, 0.2) is 0 Å². The maximum atomic E-state index is 12.3. The number of piperazine rings is 1. The number of benzene rings is 1. The van der Waals surface area contributed by atoms with Gasteiger partial charge in [0.2, 0.25) is 15.9 Å². The Morgan fingerprint density at radius 3 is 2.38 bits per heavy atom. The molecule has 1 aromatic rings. The number of nitrogens with zero attached hydrogens (tertiary/aromatic N) is 3. The smallest absolute Gasteiger partial charge is 0.242 e. The van der Waals surface area contributed by atoms with Gasteiger partial charge in [-0.1, -0.05) is 18.5 Å². The van der Waals surface area contributed by atoms with Crippen molar-refractivity contribution in [2.45, 2.75) is 18.2 Å². The number of likely N-dealkylation sites (N-methyl/N-ethyl adjacent to an activating group) is 1. The molecule has 1 aliphatic heterocycles. The Hall–Kier alpha value is -1.19. The van der Waals surface area contributed by atoms with Crippen molar-refractivity contribution in [3.8, 4) is 0 Å². The van der Waals surface area contributed by atoms with E-state index >= 15 is 0 Å². The summed E-state index contributed by atoms with van der Waals surface area (Å²) < 4.78 is 25.6. The van der Waals surface area contributed by atoms with Crippen molar-refractivity contribution >= 4 is 33.2 Å². The van der Waals surface area contributed by atoms with Gasteiger partial charge in [-0.05, 0) is 24.7 Å². The first-order valence-electron chi connectivity index (χ1n) is 8.70. The molecule has 1 aromatic carbocycles. The average molecular weight is 403 g/mol. The van der Waals surface area contributed by atoms with Gasteiger partial charge in [0, 0.05) is 53.2 Å². The summed E-state index contributed by atoms with van der Waals surface area (Å²) in [6.07, 6.45) is 0.340. The number of anilines is 1. The summed E-state index contributed by atoms with van der Waals surface area (Å²) in [5.41, 5.74) is 0.315. The van der Waals surface area contributed by atoms with Crippen LogP contribution in [0.25, 0.3) is 0 Å². The molecule has 26 heavy (non-hydrogen) atoms. The number of hydrogen-bond acceptors (Lipinski definition) is 5. The van der Waals surface area contributed by atoms with E-state index in [4.69, 9.17) is 11.6 Å². The summed E-state index contributed by atoms with van der Waals surface area (Å²) in [5.74, 6) is -0.177. The van der Waals surface area contributed by atoms with E-state index in [2.05, 4.69) is 22.0 Å². The van der Waals surface area contributed by atoms with Crippen molar-refractivity contribution in [1.29, 1.82) is 0 Å². The van der Waals surface area contributed by atoms with E-state index in [9.17, 15) is 13.2 Å². The predicted molar refractivity (Wildman–Crippen MR) is 104 cm³/mol. The zero-order valence-corrected chi connectivity index (χ0v) is 17.1. The molecule has 0 radical (unpaired) electrons. The second kappa shape index (κ2) is 9.14. The van der Waals surface area contributed by atoms with Crippen molar-refractivity contribution in [3.05, 3.63) is 23.2 Å². The monoisotopic (exact) mass is 402 g/mol. The van der Waals surface area contributed by atoms with E-state index in [1.165, 1.54) is 32.3 Å². The third-order valence-corrected chi connectivity index (χ3v) is 6.70. The highest BCUT2D eigenvalue weighted by Gasteiger charge is 2.20. The van der Waals surface area contributed by atoms with Crippen LogP contribution in [0.5, 0.6) is 0 Å². The summed E-state index contributed by atoms with van der Waals surface area (Å²) in [6, 6.07) is 4.31. The maximum Gasteiger partial charge on any atom is 0.242 e. The fourth-order valence-electron chi connectivity index (χ4n) is 2.77. The lowest BCUT2D eigenvalue weighted by molar-refractivity contribution is -0.116. The van der Waals surface area contributed by atoms with Gasteiger partial charge in [0.05, 0.1) is 15.6 Å². The largest absolute Gasteiger partial charge is 0.325 e. The van der Waals surface area contributed by atoms with Crippen molar-refractivity contribution in [3.63, 3.8) is 0 Å². The zero-order chi connectivity index (χ0) is 19.3. The number of hydrogen-bond donors (Lipinski definition) is 1. The maximum absolute atomic E-state index is 12.3. The van der Waals surface area contributed by atoms with Crippen LogP contribution in [0.15, 0.2) is 23.1 Å². The average Bonchev–Trinajstić information content (AvgIpc) is 2.62. The Morgan fingerprint density at radius 1 is 1.19 bits per heavy atom. The van der Waals surface area contributed by atoms with Crippen LogP contribution in [0.4, 0.5) is 5.69 Å². The normalized spacial score (nSPS) is 16.8. The minimum absolute atomic E-state index is 0.0953. The molecule has 0 bridgehead atoms. The van der Waals surface area contributed by atoms with Crippen LogP contribution in [0.2, 0.25) is 5.02 Å². The number of carbonyl (C=O) groups is 1. The molecule has 0 aromatic heterocycles. The molecular formula is C17H27ClN4O3S. The fraction of sp³-hybridized carbons (Fsp3) is 0.588. The van der Waals surface area contributed by atoms with Crippen molar-refractivity contribution in [2.75, 3.05) is 58.7 Å². The molecule has 7 nitrogen and oxygen atoms in total. The van der Waals surface area contributed by atoms with Crippen LogP contribution in [-0.4, -0.2) is 81.8 Å². The molecule has 0 unspecified atom stereocenters. The standard InChI is InChI=1S/C17H27ClN4O3S/c1-4-21-9-11-22(12-10-21)8-7-17(23)19-16-13-14(5-6-15(16)18)26(24,25)20(2)3/h5-6,13H,4,7-12H2,1-3H3,(H,19,23). The van der Waals surface area contributed by atoms with Gasteiger partial charge in [0.1, 0.15) is 0 Å². The van der Waals surface area contributed by atoms with Crippen molar-refractivity contribution in [2.24, 2.45) is 0 Å². The molecule has 0 aliphatic carbocycles. The third-order valence-electron chi connectivity index (χ3n) is 4.56. The molecule has 1 aliphatic rings. The number of nitrogens with one attached hydrogen (secondary N) is 1. The van der Waals surface area contributed by atoms with Crippen LogP contribution in [0.3, 0.4) is 0 Å². The molecule has 1 saturated heterocycles. The third kappa shape index (κ3) is 5.40. The molecule has 1 heterocycles. The Morgan fingerprint density at radius 2 is 1.81 bits per heavy atom. The van der Waals surface area contributed by atoms with Gasteiger partial charge in [-0.3, -0.25) is 4.79 Å². The second-order valence-electron chi connectivity index (χ2n) is 6.50. The first-order chi connectivity index (χ1) is 12.2. The molecule has 0 saturated carbocycles. The van der Waals surface area contributed by atoms with Gasteiger partial charge < -0.3 is 15.1 Å². The predicted octanol–water partition coefficient (Wildman–Crippen LogP) is 1.56. The highest BCUT2D eigenvalue weighted by Crippen LogP contribution is 2.26. The van der Waals surface area contributed by atoms with E-state index < -0.39 is 10.0 Å². The highest BCUT2D eigenvalue weighted by atomic mass is 35.5. The van der Waals surface area contributed by atoms with Gasteiger partial charge >= 0.3 is 0 Å². The van der Waals surface area contributed by atoms with Gasteiger partial charge in [-0.15, -0.1) is 0 Å². The first-order valence-corrected chi connectivity index (χ1v) is 10.5. The van der Waals surface area contributed by atoms with E-state index in [1.54, 1.807) is 0 Å². The van der Waals surface area contributed by atoms with Crippen LogP contribution in [0.1, 0.15) is 13.3 Å². The topological polar surface area (TPSA) is 73.0 Å². The number of halogens is 1. The molecule has 0 atom stereocenters. The molecule has 9 heteroatoms. The van der Waals surface area contributed by atoms with Crippen LogP contribution < -0.4 is 5.32 Å². The van der Waals surface area contributed by atoms with Crippen LogP contribution in [-0.2, 0) is 14.8 Å². The minimum Gasteiger partial charge on any atom is -0.325 e. The number of sulfonamides is 1. The molecule has 146 valence electrons. The van der Waals surface area contributed by atoms with Crippen molar-refractivity contribution in [1.82, 2.24) is 14.1 Å². The molecule has 2 rings (SSSR count). The zero-order valence-electron chi connectivity index (χ0n) is 15.5. The summed E-state index contributed by atoms with van der Waals surface area (Å²) >= 11 is 6.11. The summed E-state index contributed by atoms with van der Waals surface area (Å²) in [6.45, 7) is 7.84. The second-order valence-corrected chi connectivity index (χ2v) is 9.06.